The van der Waals surface area contributed by atoms with Crippen LogP contribution in [0.15, 0.2) is 9.93 Å². The maximum absolute atomic E-state index is 12.4. The number of carbonyl (C=O) groups is 3. The second kappa shape index (κ2) is 7.59. The average Bonchev–Trinajstić information content (AvgIpc) is 2.80. The zero-order valence-electron chi connectivity index (χ0n) is 14.9. The molecule has 3 atom stereocenters. The first kappa shape index (κ1) is 20.1. The van der Waals surface area contributed by atoms with E-state index >= 15 is 0 Å². The summed E-state index contributed by atoms with van der Waals surface area (Å²) in [7, 11) is 0. The molecule has 1 fully saturated rings. The quantitative estimate of drug-likeness (QED) is 0.418. The molecule has 140 valence electrons. The van der Waals surface area contributed by atoms with E-state index in [1.54, 1.807) is 27.7 Å². The number of amides is 1. The number of aliphatic hydroxyl groups excluding tert-OH is 1. The molecule has 0 aromatic carbocycles. The smallest absolute Gasteiger partial charge is 0.359 e. The Labute approximate surface area is 155 Å². The van der Waals surface area contributed by atoms with Crippen LogP contribution in [0.3, 0.4) is 0 Å². The van der Waals surface area contributed by atoms with E-state index in [4.69, 9.17) is 9.47 Å². The normalized spacial score (nSPS) is 23.9. The molecule has 2 rings (SSSR count). The minimum Gasteiger partial charge on any atom is -0.427 e. The van der Waals surface area contributed by atoms with Gasteiger partial charge in [0.15, 0.2) is 5.70 Å². The molecule has 1 N–H and O–H groups in total. The summed E-state index contributed by atoms with van der Waals surface area (Å²) < 4.78 is 10.7. The Morgan fingerprint density at radius 3 is 2.52 bits per heavy atom. The van der Waals surface area contributed by atoms with Crippen LogP contribution in [-0.2, 0) is 23.9 Å². The number of hydrogen-bond donors (Lipinski definition) is 1. The number of ether oxygens (including phenoxy) is 2. The van der Waals surface area contributed by atoms with Gasteiger partial charge in [-0.25, -0.2) is 4.79 Å². The highest BCUT2D eigenvalue weighted by molar-refractivity contribution is 8.22. The molecule has 0 aromatic heterocycles. The molecule has 25 heavy (non-hydrogen) atoms. The zero-order valence-corrected chi connectivity index (χ0v) is 16.5. The fourth-order valence-corrected chi connectivity index (χ4v) is 5.21. The molecule has 7 nitrogen and oxygen atoms in total. The minimum atomic E-state index is -0.780. The Balaban J connectivity index is 2.04. The fourth-order valence-electron chi connectivity index (χ4n) is 2.39. The Hall–Kier alpha value is -1.19. The standard InChI is InChI=1S/C16H23NO6S2/c1-6-24-14-10(13(20)22-7-23-15(21)16(3,4)5)17-11(19)9(8(2)18)12(17)25-14/h8-9,12,18H,6-7H2,1-5H3/t8?,9?,12-/m1/s1. The van der Waals surface area contributed by atoms with Crippen molar-refractivity contribution in [1.29, 1.82) is 0 Å². The molecule has 0 saturated carbocycles. The lowest BCUT2D eigenvalue weighted by Crippen LogP contribution is -2.60. The molecule has 2 unspecified atom stereocenters. The van der Waals surface area contributed by atoms with E-state index in [9.17, 15) is 19.5 Å². The maximum atomic E-state index is 12.4. The predicted octanol–water partition coefficient (Wildman–Crippen LogP) is 1.91. The Morgan fingerprint density at radius 1 is 1.36 bits per heavy atom. The SMILES string of the molecule is CCSC1=C(C(=O)OCOC(=O)C(C)(C)C)N2C(=O)C(C(C)O)[C@H]2S1. The van der Waals surface area contributed by atoms with Crippen molar-refractivity contribution >= 4 is 41.4 Å². The Kier molecular flexibility index (Phi) is 6.11. The first-order chi connectivity index (χ1) is 11.6. The van der Waals surface area contributed by atoms with Crippen LogP contribution in [0.2, 0.25) is 0 Å². The van der Waals surface area contributed by atoms with Gasteiger partial charge in [-0.1, -0.05) is 18.7 Å². The number of fused-ring (bicyclic) bond motifs is 1. The summed E-state index contributed by atoms with van der Waals surface area (Å²) in [6.45, 7) is 8.10. The molecule has 9 heteroatoms. The monoisotopic (exact) mass is 389 g/mol. The van der Waals surface area contributed by atoms with Crippen molar-refractivity contribution in [3.63, 3.8) is 0 Å². The Morgan fingerprint density at radius 2 is 2.00 bits per heavy atom. The van der Waals surface area contributed by atoms with Gasteiger partial charge < -0.3 is 14.6 Å². The van der Waals surface area contributed by atoms with Crippen LogP contribution in [0.25, 0.3) is 0 Å². The van der Waals surface area contributed by atoms with Crippen LogP contribution in [0, 0.1) is 11.3 Å². The van der Waals surface area contributed by atoms with Gasteiger partial charge in [0, 0.05) is 0 Å². The molecule has 0 radical (unpaired) electrons. The van der Waals surface area contributed by atoms with Crippen molar-refractivity contribution in [2.45, 2.75) is 46.1 Å². The average molecular weight is 389 g/mol. The zero-order chi connectivity index (χ0) is 18.9. The van der Waals surface area contributed by atoms with Gasteiger partial charge in [-0.05, 0) is 33.4 Å². The van der Waals surface area contributed by atoms with Gasteiger partial charge in [0.05, 0.1) is 21.7 Å². The summed E-state index contributed by atoms with van der Waals surface area (Å²) in [5.41, 5.74) is -0.517. The number of rotatable bonds is 6. The molecule has 0 bridgehead atoms. The largest absolute Gasteiger partial charge is 0.427 e. The molecular formula is C16H23NO6S2. The van der Waals surface area contributed by atoms with Crippen molar-refractivity contribution in [1.82, 2.24) is 4.90 Å². The van der Waals surface area contributed by atoms with Gasteiger partial charge in [0.1, 0.15) is 5.37 Å². The highest BCUT2D eigenvalue weighted by atomic mass is 32.2. The number of esters is 2. The number of hydrogen-bond acceptors (Lipinski definition) is 8. The summed E-state index contributed by atoms with van der Waals surface area (Å²) in [6, 6.07) is 0. The summed E-state index contributed by atoms with van der Waals surface area (Å²) in [5.74, 6) is -1.28. The van der Waals surface area contributed by atoms with E-state index in [1.807, 2.05) is 6.92 Å². The molecule has 0 aliphatic carbocycles. The molecule has 1 saturated heterocycles. The van der Waals surface area contributed by atoms with Crippen molar-refractivity contribution in [3.05, 3.63) is 9.93 Å². The van der Waals surface area contributed by atoms with Gasteiger partial charge in [-0.2, -0.15) is 0 Å². The molecule has 0 spiro atoms. The van der Waals surface area contributed by atoms with E-state index < -0.39 is 36.2 Å². The van der Waals surface area contributed by atoms with E-state index in [0.717, 1.165) is 5.75 Å². The highest BCUT2D eigenvalue weighted by Crippen LogP contribution is 2.53. The van der Waals surface area contributed by atoms with Crippen LogP contribution in [0.5, 0.6) is 0 Å². The summed E-state index contributed by atoms with van der Waals surface area (Å²) >= 11 is 2.83. The number of thioether (sulfide) groups is 2. The molecule has 2 heterocycles. The van der Waals surface area contributed by atoms with Gasteiger partial charge in [-0.3, -0.25) is 14.5 Å². The van der Waals surface area contributed by atoms with Crippen molar-refractivity contribution in [2.24, 2.45) is 11.3 Å². The highest BCUT2D eigenvalue weighted by Gasteiger charge is 2.58. The third-order valence-corrected chi connectivity index (χ3v) is 6.27. The first-order valence-corrected chi connectivity index (χ1v) is 9.85. The van der Waals surface area contributed by atoms with E-state index in [0.29, 0.717) is 4.24 Å². The van der Waals surface area contributed by atoms with Crippen molar-refractivity contribution in [3.8, 4) is 0 Å². The van der Waals surface area contributed by atoms with E-state index in [-0.39, 0.29) is 17.0 Å². The lowest BCUT2D eigenvalue weighted by molar-refractivity contribution is -0.174. The summed E-state index contributed by atoms with van der Waals surface area (Å²) in [6.07, 6.45) is -0.780. The fraction of sp³-hybridized carbons (Fsp3) is 0.688. The number of nitrogens with zero attached hydrogens (tertiary/aromatic N) is 1. The van der Waals surface area contributed by atoms with Gasteiger partial charge >= 0.3 is 11.9 Å². The number of β-lactam (4-membered cyclic amide) rings is 1. The molecule has 2 aliphatic heterocycles. The van der Waals surface area contributed by atoms with Crippen LogP contribution < -0.4 is 0 Å². The molecule has 1 amide bonds. The van der Waals surface area contributed by atoms with Gasteiger partial charge in [-0.15, -0.1) is 11.8 Å². The third-order valence-electron chi connectivity index (χ3n) is 3.73. The van der Waals surface area contributed by atoms with E-state index in [2.05, 4.69) is 0 Å². The number of carbonyl (C=O) groups excluding carboxylic acids is 3. The first-order valence-electron chi connectivity index (χ1n) is 7.98. The second-order valence-electron chi connectivity index (χ2n) is 6.78. The van der Waals surface area contributed by atoms with Crippen LogP contribution in [0.1, 0.15) is 34.6 Å². The van der Waals surface area contributed by atoms with Crippen LogP contribution >= 0.6 is 23.5 Å². The number of aliphatic hydroxyl groups is 1. The van der Waals surface area contributed by atoms with Crippen LogP contribution in [-0.4, -0.2) is 51.9 Å². The lowest BCUT2D eigenvalue weighted by atomic mass is 9.92. The van der Waals surface area contributed by atoms with E-state index in [1.165, 1.54) is 28.4 Å². The van der Waals surface area contributed by atoms with Crippen molar-refractivity contribution < 1.29 is 29.0 Å². The van der Waals surface area contributed by atoms with Gasteiger partial charge in [0.25, 0.3) is 0 Å². The molecule has 0 aromatic rings. The summed E-state index contributed by atoms with van der Waals surface area (Å²) in [5, 5.41) is 9.46. The minimum absolute atomic E-state index is 0.176. The summed E-state index contributed by atoms with van der Waals surface area (Å²) in [4.78, 5) is 37.8. The Bertz CT molecular complexity index is 610. The third kappa shape index (κ3) is 3.98. The predicted molar refractivity (Wildman–Crippen MR) is 95.1 cm³/mol. The maximum Gasteiger partial charge on any atom is 0.359 e. The van der Waals surface area contributed by atoms with Gasteiger partial charge in [0.2, 0.25) is 12.7 Å². The molecular weight excluding hydrogens is 366 g/mol. The lowest BCUT2D eigenvalue weighted by Gasteiger charge is -2.43. The van der Waals surface area contributed by atoms with Crippen molar-refractivity contribution in [2.75, 3.05) is 12.5 Å². The topological polar surface area (TPSA) is 93.1 Å². The molecule has 2 aliphatic rings. The second-order valence-corrected chi connectivity index (χ2v) is 9.44. The van der Waals surface area contributed by atoms with Crippen LogP contribution in [0.4, 0.5) is 0 Å².